The van der Waals surface area contributed by atoms with Crippen LogP contribution in [0.1, 0.15) is 13.3 Å². The average Bonchev–Trinajstić information content (AvgIpc) is 2.72. The predicted molar refractivity (Wildman–Crippen MR) is 47.7 cm³/mol. The second-order valence-corrected chi connectivity index (χ2v) is 3.33. The maximum atomic E-state index is 9.89. The Kier molecular flexibility index (Phi) is 2.30. The molecule has 2 atom stereocenters. The van der Waals surface area contributed by atoms with Crippen molar-refractivity contribution in [2.24, 2.45) is 0 Å². The van der Waals surface area contributed by atoms with Gasteiger partial charge in [-0.3, -0.25) is 4.57 Å². The lowest BCUT2D eigenvalue weighted by Crippen LogP contribution is -2.35. The molecule has 0 spiro atoms. The van der Waals surface area contributed by atoms with Crippen LogP contribution in [0.3, 0.4) is 0 Å². The molecule has 1 saturated heterocycles. The van der Waals surface area contributed by atoms with Crippen molar-refractivity contribution in [2.75, 3.05) is 13.2 Å². The van der Waals surface area contributed by atoms with Crippen LogP contribution in [0.4, 0.5) is 0 Å². The van der Waals surface area contributed by atoms with E-state index in [0.717, 1.165) is 13.2 Å². The molecular formula is C8H14N4O. The second kappa shape index (κ2) is 3.45. The molecule has 1 aliphatic rings. The average molecular weight is 182 g/mol. The van der Waals surface area contributed by atoms with Gasteiger partial charge < -0.3 is 10.4 Å². The number of nitrogens with one attached hydrogen (secondary N) is 1. The minimum Gasteiger partial charge on any atom is -0.360 e. The highest BCUT2D eigenvalue weighted by Crippen LogP contribution is 2.14. The number of imidazole rings is 1. The molecule has 0 saturated carbocycles. The molecule has 1 fully saturated rings. The van der Waals surface area contributed by atoms with Crippen LogP contribution in [-0.4, -0.2) is 38.8 Å². The maximum Gasteiger partial charge on any atom is 0.192 e. The molecule has 0 bridgehead atoms. The van der Waals surface area contributed by atoms with Crippen LogP contribution < -0.4 is 5.32 Å². The molecule has 0 amide bonds. The summed E-state index contributed by atoms with van der Waals surface area (Å²) in [4.78, 5) is 5.87. The summed E-state index contributed by atoms with van der Waals surface area (Å²) in [6.45, 7) is 3.73. The lowest BCUT2D eigenvalue weighted by molar-refractivity contribution is -0.0588. The van der Waals surface area contributed by atoms with Crippen molar-refractivity contribution in [2.45, 2.75) is 19.3 Å². The van der Waals surface area contributed by atoms with Gasteiger partial charge in [0.1, 0.15) is 0 Å². The Balaban J connectivity index is 2.08. The predicted octanol–water partition coefficient (Wildman–Crippen LogP) is -0.417. The summed E-state index contributed by atoms with van der Waals surface area (Å²) in [5, 5.41) is 13.1. The van der Waals surface area contributed by atoms with Gasteiger partial charge in [-0.05, 0) is 6.92 Å². The molecule has 2 N–H and O–H groups in total. The van der Waals surface area contributed by atoms with Gasteiger partial charge in [0, 0.05) is 25.0 Å². The van der Waals surface area contributed by atoms with E-state index in [9.17, 15) is 5.11 Å². The quantitative estimate of drug-likeness (QED) is 0.652. The van der Waals surface area contributed by atoms with Crippen molar-refractivity contribution >= 4 is 0 Å². The number of aliphatic hydroxyl groups is 1. The first kappa shape index (κ1) is 8.68. The minimum absolute atomic E-state index is 0.359. The van der Waals surface area contributed by atoms with Gasteiger partial charge in [-0.2, -0.15) is 0 Å². The third-order valence-electron chi connectivity index (χ3n) is 2.39. The Labute approximate surface area is 77.0 Å². The van der Waals surface area contributed by atoms with E-state index in [1.54, 1.807) is 23.3 Å². The Hall–Kier alpha value is -0.910. The van der Waals surface area contributed by atoms with Crippen LogP contribution in [0.2, 0.25) is 0 Å². The number of hydrogen-bond donors (Lipinski definition) is 2. The SMILES string of the molecule is CC1CNCN1C(O)n1ccnc1. The van der Waals surface area contributed by atoms with E-state index in [2.05, 4.69) is 17.2 Å². The van der Waals surface area contributed by atoms with E-state index in [1.807, 2.05) is 4.90 Å². The molecule has 1 aliphatic heterocycles. The number of hydrogen-bond acceptors (Lipinski definition) is 4. The van der Waals surface area contributed by atoms with E-state index in [-0.39, 0.29) is 0 Å². The molecule has 0 radical (unpaired) electrons. The summed E-state index contributed by atoms with van der Waals surface area (Å²) in [7, 11) is 0. The Morgan fingerprint density at radius 3 is 3.08 bits per heavy atom. The van der Waals surface area contributed by atoms with Gasteiger partial charge in [0.05, 0.1) is 13.0 Å². The first-order valence-electron chi connectivity index (χ1n) is 4.41. The summed E-state index contributed by atoms with van der Waals surface area (Å²) >= 11 is 0. The van der Waals surface area contributed by atoms with Gasteiger partial charge in [-0.25, -0.2) is 9.88 Å². The molecular weight excluding hydrogens is 168 g/mol. The highest BCUT2D eigenvalue weighted by Gasteiger charge is 2.26. The van der Waals surface area contributed by atoms with Gasteiger partial charge in [0.2, 0.25) is 0 Å². The van der Waals surface area contributed by atoms with Gasteiger partial charge in [0.25, 0.3) is 0 Å². The van der Waals surface area contributed by atoms with Gasteiger partial charge in [-0.1, -0.05) is 0 Å². The largest absolute Gasteiger partial charge is 0.360 e. The van der Waals surface area contributed by atoms with Crippen LogP contribution in [0.5, 0.6) is 0 Å². The van der Waals surface area contributed by atoms with Gasteiger partial charge in [-0.15, -0.1) is 0 Å². The first-order chi connectivity index (χ1) is 6.29. The summed E-state index contributed by atoms with van der Waals surface area (Å²) in [5.41, 5.74) is 0. The van der Waals surface area contributed by atoms with E-state index >= 15 is 0 Å². The lowest BCUT2D eigenvalue weighted by atomic mass is 10.3. The third-order valence-corrected chi connectivity index (χ3v) is 2.39. The number of aliphatic hydroxyl groups excluding tert-OH is 1. The zero-order valence-electron chi connectivity index (χ0n) is 7.59. The topological polar surface area (TPSA) is 53.3 Å². The molecule has 0 aromatic carbocycles. The summed E-state index contributed by atoms with van der Waals surface area (Å²) in [6.07, 6.45) is 4.44. The fraction of sp³-hybridized carbons (Fsp3) is 0.625. The summed E-state index contributed by atoms with van der Waals surface area (Å²) < 4.78 is 1.68. The van der Waals surface area contributed by atoms with Crippen LogP contribution in [-0.2, 0) is 0 Å². The normalized spacial score (nSPS) is 26.5. The zero-order chi connectivity index (χ0) is 9.26. The van der Waals surface area contributed by atoms with E-state index < -0.39 is 6.35 Å². The van der Waals surface area contributed by atoms with Crippen molar-refractivity contribution in [1.82, 2.24) is 19.8 Å². The lowest BCUT2D eigenvalue weighted by Gasteiger charge is -2.26. The smallest absolute Gasteiger partial charge is 0.192 e. The molecule has 2 rings (SSSR count). The summed E-state index contributed by atoms with van der Waals surface area (Å²) in [5.74, 6) is 0. The van der Waals surface area contributed by atoms with Crippen LogP contribution in [0.15, 0.2) is 18.7 Å². The van der Waals surface area contributed by atoms with E-state index in [1.165, 1.54) is 0 Å². The zero-order valence-corrected chi connectivity index (χ0v) is 7.59. The molecule has 13 heavy (non-hydrogen) atoms. The molecule has 0 aliphatic carbocycles. The molecule has 2 heterocycles. The molecule has 1 aromatic heterocycles. The minimum atomic E-state index is -0.604. The van der Waals surface area contributed by atoms with E-state index in [0.29, 0.717) is 6.04 Å². The third kappa shape index (κ3) is 1.58. The van der Waals surface area contributed by atoms with E-state index in [4.69, 9.17) is 0 Å². The number of nitrogens with zero attached hydrogens (tertiary/aromatic N) is 3. The standard InChI is InChI=1S/C8H14N4O/c1-7-4-10-6-12(7)8(13)11-3-2-9-5-11/h2-3,5,7-8,10,13H,4,6H2,1H3. The fourth-order valence-electron chi connectivity index (χ4n) is 1.56. The highest BCUT2D eigenvalue weighted by atomic mass is 16.3. The maximum absolute atomic E-state index is 9.89. The van der Waals surface area contributed by atoms with Crippen LogP contribution in [0, 0.1) is 0 Å². The molecule has 5 heteroatoms. The highest BCUT2D eigenvalue weighted by molar-refractivity contribution is 4.81. The molecule has 5 nitrogen and oxygen atoms in total. The Morgan fingerprint density at radius 2 is 2.54 bits per heavy atom. The molecule has 2 unspecified atom stereocenters. The van der Waals surface area contributed by atoms with Crippen molar-refractivity contribution < 1.29 is 5.11 Å². The van der Waals surface area contributed by atoms with Crippen molar-refractivity contribution in [3.05, 3.63) is 18.7 Å². The van der Waals surface area contributed by atoms with Gasteiger partial charge >= 0.3 is 0 Å². The van der Waals surface area contributed by atoms with Crippen LogP contribution in [0.25, 0.3) is 0 Å². The number of aromatic nitrogens is 2. The Morgan fingerprint density at radius 1 is 1.69 bits per heavy atom. The molecule has 1 aromatic rings. The first-order valence-corrected chi connectivity index (χ1v) is 4.41. The molecule has 72 valence electrons. The Bertz CT molecular complexity index is 261. The fourth-order valence-corrected chi connectivity index (χ4v) is 1.56. The van der Waals surface area contributed by atoms with Crippen LogP contribution >= 0.6 is 0 Å². The van der Waals surface area contributed by atoms with Crippen molar-refractivity contribution in [3.8, 4) is 0 Å². The van der Waals surface area contributed by atoms with Gasteiger partial charge in [0.15, 0.2) is 6.35 Å². The number of rotatable bonds is 2. The summed E-state index contributed by atoms with van der Waals surface area (Å²) in [6, 6.07) is 0.359. The second-order valence-electron chi connectivity index (χ2n) is 3.33. The monoisotopic (exact) mass is 182 g/mol. The van der Waals surface area contributed by atoms with Crippen molar-refractivity contribution in [1.29, 1.82) is 0 Å². The van der Waals surface area contributed by atoms with Crippen molar-refractivity contribution in [3.63, 3.8) is 0 Å².